The highest BCUT2D eigenvalue weighted by Gasteiger charge is 2.13. The lowest BCUT2D eigenvalue weighted by Crippen LogP contribution is -2.17. The van der Waals surface area contributed by atoms with Crippen molar-refractivity contribution < 1.29 is 14.4 Å². The topological polar surface area (TPSA) is 128 Å². The fourth-order valence-electron chi connectivity index (χ4n) is 11.3. The van der Waals surface area contributed by atoms with Crippen LogP contribution in [0.3, 0.4) is 0 Å². The molecule has 10 heteroatoms. The van der Waals surface area contributed by atoms with E-state index in [-0.39, 0.29) is 17.7 Å². The highest BCUT2D eigenvalue weighted by Crippen LogP contribution is 2.35. The number of anilines is 3. The van der Waals surface area contributed by atoms with Crippen LogP contribution in [0.1, 0.15) is 346 Å². The van der Waals surface area contributed by atoms with E-state index in [0.717, 1.165) is 72.3 Å². The number of hydrogen-bond donors (Lipinski definition) is 3. The summed E-state index contributed by atoms with van der Waals surface area (Å²) in [6.07, 6.45) is 65.0. The maximum Gasteiger partial charge on any atom is 0.240 e. The Morgan fingerprint density at radius 1 is 0.271 bits per heavy atom. The summed E-state index contributed by atoms with van der Waals surface area (Å²) < 4.78 is 0. The van der Waals surface area contributed by atoms with E-state index in [9.17, 15) is 14.4 Å². The monoisotopic (exact) mass is 1170 g/mol. The van der Waals surface area contributed by atoms with Gasteiger partial charge < -0.3 is 4.90 Å². The third-order valence-electron chi connectivity index (χ3n) is 16.7. The molecule has 85 heavy (non-hydrogen) atoms. The first-order valence-corrected chi connectivity index (χ1v) is 35.5. The van der Waals surface area contributed by atoms with Crippen LogP contribution >= 0.6 is 0 Å². The summed E-state index contributed by atoms with van der Waals surface area (Å²) in [6, 6.07) is 24.3. The third-order valence-corrected chi connectivity index (χ3v) is 16.7. The van der Waals surface area contributed by atoms with E-state index < -0.39 is 0 Å². The summed E-state index contributed by atoms with van der Waals surface area (Å²) in [5.41, 5.74) is 13.6. The largest absolute Gasteiger partial charge is 0.311 e. The molecule has 0 atom stereocenters. The number of hydrogen-bond acceptors (Lipinski definition) is 7. The van der Waals surface area contributed by atoms with Gasteiger partial charge >= 0.3 is 0 Å². The molecule has 476 valence electrons. The van der Waals surface area contributed by atoms with Crippen LogP contribution in [0.15, 0.2) is 88.1 Å². The van der Waals surface area contributed by atoms with Crippen molar-refractivity contribution in [2.45, 2.75) is 329 Å². The van der Waals surface area contributed by atoms with Crippen molar-refractivity contribution in [2.24, 2.45) is 15.3 Å². The van der Waals surface area contributed by atoms with Gasteiger partial charge in [0.15, 0.2) is 0 Å². The standard InChI is InChI=1S/C75H123N7O3/c1-4-7-10-13-16-19-22-25-28-31-34-37-40-43-46-49-73(83)79-76-64-67-52-58-70(59-53-67)82(71-60-54-68(55-61-71)65-77-80-74(84)50-47-44-41-38-35-32-29-26-23-20-17-14-11-8-5-2)72-62-56-69(57-63-72)66-78-81-75(85)51-48-45-42-39-36-33-30-27-24-21-18-15-12-9-6-3/h52-66H,4-51H2,1-3H3,(H,79,83)(H,80,84)(H,81,85)/b76-64+,77-65+,78-66+. The second-order valence-corrected chi connectivity index (χ2v) is 24.6. The van der Waals surface area contributed by atoms with Gasteiger partial charge in [-0.2, -0.15) is 15.3 Å². The smallest absolute Gasteiger partial charge is 0.240 e. The molecule has 0 saturated carbocycles. The molecule has 3 amide bonds. The number of nitrogens with zero attached hydrogens (tertiary/aromatic N) is 4. The first kappa shape index (κ1) is 74.1. The van der Waals surface area contributed by atoms with Gasteiger partial charge in [0.2, 0.25) is 17.7 Å². The Morgan fingerprint density at radius 3 is 0.612 bits per heavy atom. The third kappa shape index (κ3) is 41.6. The molecular weight excluding hydrogens is 1050 g/mol. The Balaban J connectivity index is 1.46. The molecule has 3 N–H and O–H groups in total. The van der Waals surface area contributed by atoms with Crippen LogP contribution < -0.4 is 21.2 Å². The minimum absolute atomic E-state index is 0.0497. The van der Waals surface area contributed by atoms with Crippen molar-refractivity contribution in [3.63, 3.8) is 0 Å². The average molecular weight is 1170 g/mol. The zero-order valence-corrected chi connectivity index (χ0v) is 54.6. The van der Waals surface area contributed by atoms with E-state index in [1.54, 1.807) is 18.6 Å². The normalized spacial score (nSPS) is 11.6. The van der Waals surface area contributed by atoms with Crippen molar-refractivity contribution in [3.05, 3.63) is 89.5 Å². The quantitative estimate of drug-likeness (QED) is 0.0295. The molecule has 3 aromatic rings. The van der Waals surface area contributed by atoms with Gasteiger partial charge in [-0.15, -0.1) is 0 Å². The molecule has 0 aliphatic heterocycles. The summed E-state index contributed by atoms with van der Waals surface area (Å²) in [7, 11) is 0. The van der Waals surface area contributed by atoms with Gasteiger partial charge in [-0.1, -0.05) is 327 Å². The summed E-state index contributed by atoms with van der Waals surface area (Å²) in [5, 5.41) is 12.9. The predicted molar refractivity (Wildman–Crippen MR) is 367 cm³/mol. The molecule has 3 aromatic carbocycles. The van der Waals surface area contributed by atoms with Crippen molar-refractivity contribution in [3.8, 4) is 0 Å². The van der Waals surface area contributed by atoms with Crippen LogP contribution in [0.2, 0.25) is 0 Å². The molecule has 0 spiro atoms. The van der Waals surface area contributed by atoms with E-state index in [0.29, 0.717) is 19.3 Å². The van der Waals surface area contributed by atoms with Gasteiger partial charge in [0.1, 0.15) is 0 Å². The van der Waals surface area contributed by atoms with Crippen molar-refractivity contribution in [1.82, 2.24) is 16.3 Å². The molecule has 0 bridgehead atoms. The zero-order chi connectivity index (χ0) is 60.6. The van der Waals surface area contributed by atoms with Gasteiger partial charge in [0.05, 0.1) is 18.6 Å². The van der Waals surface area contributed by atoms with Crippen LogP contribution in [-0.4, -0.2) is 36.4 Å². The first-order valence-electron chi connectivity index (χ1n) is 35.5. The molecule has 0 aromatic heterocycles. The summed E-state index contributed by atoms with van der Waals surface area (Å²) in [6.45, 7) is 6.84. The molecule has 0 aliphatic carbocycles. The highest BCUT2D eigenvalue weighted by molar-refractivity contribution is 5.87. The van der Waals surface area contributed by atoms with Crippen LogP contribution in [0.4, 0.5) is 17.1 Å². The molecule has 0 radical (unpaired) electrons. The number of amides is 3. The number of unbranched alkanes of at least 4 members (excludes halogenated alkanes) is 42. The van der Waals surface area contributed by atoms with E-state index in [1.807, 2.05) is 72.8 Å². The minimum atomic E-state index is -0.0497. The number of nitrogens with one attached hydrogen (secondary N) is 3. The summed E-state index contributed by atoms with van der Waals surface area (Å²) in [4.78, 5) is 40.0. The molecule has 0 heterocycles. The molecule has 0 aliphatic rings. The lowest BCUT2D eigenvalue weighted by molar-refractivity contribution is -0.122. The Kier molecular flexibility index (Phi) is 47.3. The minimum Gasteiger partial charge on any atom is -0.311 e. The average Bonchev–Trinajstić information content (AvgIpc) is 3.43. The van der Waals surface area contributed by atoms with Crippen molar-refractivity contribution >= 4 is 53.4 Å². The predicted octanol–water partition coefficient (Wildman–Crippen LogP) is 22.3. The Labute approximate surface area is 520 Å². The van der Waals surface area contributed by atoms with Crippen LogP contribution in [-0.2, 0) is 14.4 Å². The van der Waals surface area contributed by atoms with E-state index in [4.69, 9.17) is 0 Å². The van der Waals surface area contributed by atoms with Gasteiger partial charge in [0, 0.05) is 36.3 Å². The van der Waals surface area contributed by atoms with Gasteiger partial charge in [-0.05, 0) is 72.4 Å². The maximum atomic E-state index is 12.6. The lowest BCUT2D eigenvalue weighted by atomic mass is 10.0. The fraction of sp³-hybridized carbons (Fsp3) is 0.680. The van der Waals surface area contributed by atoms with E-state index in [2.05, 4.69) is 57.3 Å². The van der Waals surface area contributed by atoms with Crippen LogP contribution in [0.5, 0.6) is 0 Å². The Bertz CT molecular complexity index is 1900. The number of benzene rings is 3. The molecule has 10 nitrogen and oxygen atoms in total. The SMILES string of the molecule is CCCCCCCCCCCCCCCCCC(=O)N/N=C/c1ccc(N(c2ccc(/C=N/NC(=O)CCCCCCCCCCCCCCCCC)cc2)c2ccc(/C=N/NC(=O)CCCCCCCCCCCCCCCCC)cc2)cc1. The second kappa shape index (κ2) is 54.3. The Morgan fingerprint density at radius 2 is 0.435 bits per heavy atom. The van der Waals surface area contributed by atoms with Crippen LogP contribution in [0, 0.1) is 0 Å². The maximum absolute atomic E-state index is 12.6. The van der Waals surface area contributed by atoms with Gasteiger partial charge in [-0.3, -0.25) is 14.4 Å². The molecule has 0 fully saturated rings. The van der Waals surface area contributed by atoms with Gasteiger partial charge in [0.25, 0.3) is 0 Å². The lowest BCUT2D eigenvalue weighted by Gasteiger charge is -2.25. The molecule has 0 saturated heterocycles. The summed E-state index contributed by atoms with van der Waals surface area (Å²) >= 11 is 0. The number of carbonyl (C=O) groups excluding carboxylic acids is 3. The summed E-state index contributed by atoms with van der Waals surface area (Å²) in [5.74, 6) is -0.149. The van der Waals surface area contributed by atoms with Crippen LogP contribution in [0.25, 0.3) is 0 Å². The molecule has 0 unspecified atom stereocenters. The Hall–Kier alpha value is -5.12. The fourth-order valence-corrected chi connectivity index (χ4v) is 11.3. The zero-order valence-electron chi connectivity index (χ0n) is 54.6. The van der Waals surface area contributed by atoms with Crippen molar-refractivity contribution in [2.75, 3.05) is 4.90 Å². The highest BCUT2D eigenvalue weighted by atomic mass is 16.2. The van der Waals surface area contributed by atoms with E-state index in [1.165, 1.54) is 250 Å². The number of rotatable bonds is 57. The molecule has 3 rings (SSSR count). The number of carbonyl (C=O) groups is 3. The van der Waals surface area contributed by atoms with Crippen molar-refractivity contribution in [1.29, 1.82) is 0 Å². The molecular formula is C75H123N7O3. The van der Waals surface area contributed by atoms with Gasteiger partial charge in [-0.25, -0.2) is 16.3 Å². The number of hydrazone groups is 3. The second-order valence-electron chi connectivity index (χ2n) is 24.6. The van der Waals surface area contributed by atoms with E-state index >= 15 is 0 Å². The first-order chi connectivity index (χ1) is 41.9.